The van der Waals surface area contributed by atoms with Crippen molar-refractivity contribution in [2.75, 3.05) is 44.2 Å². The summed E-state index contributed by atoms with van der Waals surface area (Å²) in [5.41, 5.74) is 6.78. The number of anilines is 1. The molecule has 1 amide bonds. The summed E-state index contributed by atoms with van der Waals surface area (Å²) in [4.78, 5) is 23.2. The van der Waals surface area contributed by atoms with Gasteiger partial charge in [0, 0.05) is 67.3 Å². The van der Waals surface area contributed by atoms with E-state index in [1.807, 2.05) is 46.4 Å². The molecule has 182 valence electrons. The number of carbonyl (C=O) groups is 1. The Kier molecular flexibility index (Phi) is 7.16. The topological polar surface area (TPSA) is 52.9 Å². The van der Waals surface area contributed by atoms with Gasteiger partial charge in [-0.3, -0.25) is 14.1 Å². The fraction of sp³-hybridized carbons (Fsp3) is 0.357. The summed E-state index contributed by atoms with van der Waals surface area (Å²) in [5, 5.41) is 5.09. The lowest BCUT2D eigenvalue weighted by molar-refractivity contribution is 0.0952. The van der Waals surface area contributed by atoms with E-state index in [4.69, 9.17) is 0 Å². The number of hydrogen-bond acceptors (Lipinski definition) is 5. The molecule has 1 aliphatic heterocycles. The summed E-state index contributed by atoms with van der Waals surface area (Å²) in [7, 11) is 0. The second kappa shape index (κ2) is 10.6. The molecule has 0 atom stereocenters. The summed E-state index contributed by atoms with van der Waals surface area (Å²) >= 11 is 1.62. The van der Waals surface area contributed by atoms with Gasteiger partial charge in [-0.1, -0.05) is 24.3 Å². The van der Waals surface area contributed by atoms with Crippen LogP contribution < -0.4 is 10.2 Å². The maximum absolute atomic E-state index is 12.5. The van der Waals surface area contributed by atoms with Crippen molar-refractivity contribution in [1.82, 2.24) is 19.6 Å². The molecule has 0 bridgehead atoms. The van der Waals surface area contributed by atoms with Crippen LogP contribution in [0.25, 0.3) is 16.2 Å². The third-order valence-corrected chi connectivity index (χ3v) is 7.78. The van der Waals surface area contributed by atoms with Crippen molar-refractivity contribution < 1.29 is 4.79 Å². The molecule has 1 fully saturated rings. The van der Waals surface area contributed by atoms with E-state index in [9.17, 15) is 4.79 Å². The van der Waals surface area contributed by atoms with E-state index >= 15 is 0 Å². The number of nitrogens with zero attached hydrogens (tertiary/aromatic N) is 4. The number of carbonyl (C=O) groups excluding carboxylic acids is 1. The quantitative estimate of drug-likeness (QED) is 0.355. The number of amides is 1. The average molecular weight is 488 g/mol. The molecule has 0 radical (unpaired) electrons. The van der Waals surface area contributed by atoms with Crippen LogP contribution in [0, 0.1) is 13.8 Å². The zero-order valence-electron chi connectivity index (χ0n) is 20.5. The van der Waals surface area contributed by atoms with Crippen LogP contribution in [0.15, 0.2) is 60.2 Å². The smallest absolute Gasteiger partial charge is 0.251 e. The highest BCUT2D eigenvalue weighted by molar-refractivity contribution is 7.15. The predicted octanol–water partition coefficient (Wildman–Crippen LogP) is 5.01. The van der Waals surface area contributed by atoms with E-state index in [1.165, 1.54) is 16.8 Å². The van der Waals surface area contributed by atoms with E-state index in [-0.39, 0.29) is 5.91 Å². The van der Waals surface area contributed by atoms with Gasteiger partial charge in [0.1, 0.15) is 0 Å². The number of nitrogens with one attached hydrogen (secondary N) is 1. The van der Waals surface area contributed by atoms with E-state index < -0.39 is 0 Å². The second-order valence-electron chi connectivity index (χ2n) is 9.31. The molecule has 0 saturated carbocycles. The molecule has 0 spiro atoms. The lowest BCUT2D eigenvalue weighted by atomic mass is 10.1. The largest absolute Gasteiger partial charge is 0.369 e. The van der Waals surface area contributed by atoms with E-state index in [1.54, 1.807) is 11.3 Å². The molecule has 1 N–H and O–H groups in total. The monoisotopic (exact) mass is 487 g/mol. The van der Waals surface area contributed by atoms with Gasteiger partial charge in [0.15, 0.2) is 4.96 Å². The molecule has 6 nitrogen and oxygen atoms in total. The Balaban J connectivity index is 1.01. The number of hydrogen-bond donors (Lipinski definition) is 1. The van der Waals surface area contributed by atoms with Gasteiger partial charge in [-0.15, -0.1) is 11.3 Å². The Bertz CT molecular complexity index is 1260. The van der Waals surface area contributed by atoms with Crippen LogP contribution >= 0.6 is 11.3 Å². The summed E-state index contributed by atoms with van der Waals surface area (Å²) in [6, 6.07) is 14.3. The maximum Gasteiger partial charge on any atom is 0.251 e. The highest BCUT2D eigenvalue weighted by atomic mass is 32.1. The molecule has 2 aromatic carbocycles. The maximum atomic E-state index is 12.5. The first-order valence-electron chi connectivity index (χ1n) is 12.4. The molecule has 0 aliphatic carbocycles. The van der Waals surface area contributed by atoms with Gasteiger partial charge >= 0.3 is 0 Å². The Hall–Kier alpha value is -3.16. The number of imidazole rings is 1. The SMILES string of the molecule is Cc1cccc(N2CCN(CCCCNC(=O)c3ccc(-c4cn5ccsc5n4)cc3)CC2)c1C. The third-order valence-electron chi connectivity index (χ3n) is 7.01. The van der Waals surface area contributed by atoms with Crippen molar-refractivity contribution in [2.24, 2.45) is 0 Å². The number of rotatable bonds is 8. The van der Waals surface area contributed by atoms with Gasteiger partial charge < -0.3 is 10.2 Å². The molecule has 7 heteroatoms. The van der Waals surface area contributed by atoms with Crippen molar-refractivity contribution >= 4 is 27.9 Å². The third kappa shape index (κ3) is 5.41. The van der Waals surface area contributed by atoms with Crippen molar-refractivity contribution in [3.8, 4) is 11.3 Å². The van der Waals surface area contributed by atoms with Gasteiger partial charge in [0.2, 0.25) is 0 Å². The zero-order valence-corrected chi connectivity index (χ0v) is 21.4. The summed E-state index contributed by atoms with van der Waals surface area (Å²) in [6.07, 6.45) is 6.11. The lowest BCUT2D eigenvalue weighted by Gasteiger charge is -2.37. The van der Waals surface area contributed by atoms with Crippen LogP contribution in [0.4, 0.5) is 5.69 Å². The summed E-state index contributed by atoms with van der Waals surface area (Å²) in [6.45, 7) is 10.6. The Morgan fingerprint density at radius 2 is 1.83 bits per heavy atom. The molecule has 35 heavy (non-hydrogen) atoms. The van der Waals surface area contributed by atoms with Gasteiger partial charge in [0.05, 0.1) is 5.69 Å². The fourth-order valence-corrected chi connectivity index (χ4v) is 5.41. The normalized spacial score (nSPS) is 14.5. The molecule has 0 unspecified atom stereocenters. The molecule has 3 heterocycles. The molecular weight excluding hydrogens is 454 g/mol. The van der Waals surface area contributed by atoms with Crippen LogP contribution in [0.1, 0.15) is 34.3 Å². The second-order valence-corrected chi connectivity index (χ2v) is 10.2. The van der Waals surface area contributed by atoms with Crippen LogP contribution in [-0.2, 0) is 0 Å². The van der Waals surface area contributed by atoms with Crippen molar-refractivity contribution in [3.05, 3.63) is 76.9 Å². The number of piperazine rings is 1. The number of unbranched alkanes of at least 4 members (excludes halogenated alkanes) is 1. The van der Waals surface area contributed by atoms with Crippen molar-refractivity contribution in [2.45, 2.75) is 26.7 Å². The van der Waals surface area contributed by atoms with E-state index in [0.29, 0.717) is 12.1 Å². The lowest BCUT2D eigenvalue weighted by Crippen LogP contribution is -2.47. The highest BCUT2D eigenvalue weighted by Gasteiger charge is 2.18. The van der Waals surface area contributed by atoms with Crippen molar-refractivity contribution in [3.63, 3.8) is 0 Å². The number of benzene rings is 2. The van der Waals surface area contributed by atoms with Crippen LogP contribution in [0.3, 0.4) is 0 Å². The number of aryl methyl sites for hydroxylation is 1. The first-order chi connectivity index (χ1) is 17.1. The van der Waals surface area contributed by atoms with Gasteiger partial charge in [0.25, 0.3) is 5.91 Å². The van der Waals surface area contributed by atoms with Crippen molar-refractivity contribution in [1.29, 1.82) is 0 Å². The molecule has 1 saturated heterocycles. The first kappa shape index (κ1) is 23.6. The van der Waals surface area contributed by atoms with E-state index in [0.717, 1.165) is 61.8 Å². The first-order valence-corrected chi connectivity index (χ1v) is 13.3. The molecule has 2 aromatic heterocycles. The number of thiazole rings is 1. The summed E-state index contributed by atoms with van der Waals surface area (Å²) in [5.74, 6) is -0.00971. The fourth-order valence-electron chi connectivity index (χ4n) is 4.71. The van der Waals surface area contributed by atoms with Crippen LogP contribution in [0.2, 0.25) is 0 Å². The highest BCUT2D eigenvalue weighted by Crippen LogP contribution is 2.24. The Morgan fingerprint density at radius 3 is 2.60 bits per heavy atom. The van der Waals surface area contributed by atoms with Crippen LogP contribution in [0.5, 0.6) is 0 Å². The van der Waals surface area contributed by atoms with Crippen LogP contribution in [-0.4, -0.2) is 59.5 Å². The standard InChI is InChI=1S/C28H33N5OS/c1-21-6-5-7-26(22(21)2)32-16-14-31(15-17-32)13-4-3-12-29-27(34)24-10-8-23(9-11-24)25-20-33-18-19-35-28(33)30-25/h5-11,18-20H,3-4,12-17H2,1-2H3,(H,29,34). The Morgan fingerprint density at radius 1 is 1.03 bits per heavy atom. The minimum absolute atomic E-state index is 0.00971. The molecule has 4 aromatic rings. The molecule has 1 aliphatic rings. The molecular formula is C28H33N5OS. The minimum Gasteiger partial charge on any atom is -0.369 e. The Labute approximate surface area is 211 Å². The van der Waals surface area contributed by atoms with Gasteiger partial charge in [-0.05, 0) is 62.6 Å². The number of fused-ring (bicyclic) bond motifs is 1. The summed E-state index contributed by atoms with van der Waals surface area (Å²) < 4.78 is 2.02. The minimum atomic E-state index is -0.00971. The zero-order chi connectivity index (χ0) is 24.2. The predicted molar refractivity (Wildman–Crippen MR) is 145 cm³/mol. The number of aromatic nitrogens is 2. The van der Waals surface area contributed by atoms with E-state index in [2.05, 4.69) is 52.1 Å². The van der Waals surface area contributed by atoms with Gasteiger partial charge in [-0.25, -0.2) is 4.98 Å². The molecule has 5 rings (SSSR count). The average Bonchev–Trinajstić information content (AvgIpc) is 3.49. The van der Waals surface area contributed by atoms with Gasteiger partial charge in [-0.2, -0.15) is 0 Å².